The van der Waals surface area contributed by atoms with E-state index in [4.69, 9.17) is 4.98 Å². The van der Waals surface area contributed by atoms with Gasteiger partial charge in [-0.3, -0.25) is 0 Å². The maximum Gasteiger partial charge on any atom is 0.150 e. The number of rotatable bonds is 7. The van der Waals surface area contributed by atoms with E-state index in [-0.39, 0.29) is 0 Å². The van der Waals surface area contributed by atoms with Gasteiger partial charge in [0.25, 0.3) is 0 Å². The first-order valence-corrected chi connectivity index (χ1v) is 11.1. The maximum absolute atomic E-state index is 9.97. The molecule has 2 aromatic heterocycles. The van der Waals surface area contributed by atoms with Crippen LogP contribution >= 0.6 is 0 Å². The highest BCUT2D eigenvalue weighted by Crippen LogP contribution is 2.33. The van der Waals surface area contributed by atoms with E-state index in [1.807, 2.05) is 44.2 Å². The second kappa shape index (κ2) is 9.82. The minimum atomic E-state index is -0.468. The van der Waals surface area contributed by atoms with Gasteiger partial charge in [0.05, 0.1) is 23.0 Å². The Bertz CT molecular complexity index is 1090. The summed E-state index contributed by atoms with van der Waals surface area (Å²) >= 11 is 0. The third-order valence-corrected chi connectivity index (χ3v) is 6.01. The van der Waals surface area contributed by atoms with Crippen molar-refractivity contribution in [3.05, 3.63) is 41.2 Å². The molecule has 170 valence electrons. The molecule has 2 aliphatic heterocycles. The number of aromatic nitrogens is 2. The summed E-state index contributed by atoms with van der Waals surface area (Å²) in [6.45, 7) is 4.30. The molecule has 4 heterocycles. The Morgan fingerprint density at radius 2 is 2.03 bits per heavy atom. The number of nitrogens with one attached hydrogen (secondary N) is 2. The fourth-order valence-corrected chi connectivity index (χ4v) is 4.36. The van der Waals surface area contributed by atoms with Crippen molar-refractivity contribution in [3.8, 4) is 12.1 Å². The van der Waals surface area contributed by atoms with Crippen molar-refractivity contribution in [3.63, 3.8) is 0 Å². The molecule has 10 nitrogen and oxygen atoms in total. The lowest BCUT2D eigenvalue weighted by Crippen LogP contribution is -2.49. The molecule has 2 N–H and O–H groups in total. The van der Waals surface area contributed by atoms with Crippen LogP contribution in [0.15, 0.2) is 29.5 Å². The Hall–Kier alpha value is -3.73. The minimum absolute atomic E-state index is 0.421. The summed E-state index contributed by atoms with van der Waals surface area (Å²) < 4.78 is 0. The lowest BCUT2D eigenvalue weighted by atomic mass is 10.1. The molecule has 0 radical (unpaired) electrons. The van der Waals surface area contributed by atoms with Crippen LogP contribution in [-0.4, -0.2) is 54.5 Å². The molecule has 0 bridgehead atoms. The zero-order valence-corrected chi connectivity index (χ0v) is 19.2. The minimum Gasteiger partial charge on any atom is -0.356 e. The molecule has 10 heteroatoms. The predicted molar refractivity (Wildman–Crippen MR) is 127 cm³/mol. The lowest BCUT2D eigenvalue weighted by Gasteiger charge is -2.34. The molecule has 2 atom stereocenters. The van der Waals surface area contributed by atoms with Gasteiger partial charge >= 0.3 is 0 Å². The summed E-state index contributed by atoms with van der Waals surface area (Å²) in [5.74, 6) is 0.933. The van der Waals surface area contributed by atoms with Gasteiger partial charge in [-0.1, -0.05) is 6.07 Å². The van der Waals surface area contributed by atoms with Crippen LogP contribution in [0.1, 0.15) is 29.7 Å². The molecule has 33 heavy (non-hydrogen) atoms. The first-order chi connectivity index (χ1) is 16.1. The van der Waals surface area contributed by atoms with Crippen LogP contribution in [0.5, 0.6) is 0 Å². The molecular formula is C23H28N10. The first kappa shape index (κ1) is 22.5. The quantitative estimate of drug-likeness (QED) is 0.619. The van der Waals surface area contributed by atoms with Crippen molar-refractivity contribution in [2.24, 2.45) is 11.0 Å². The highest BCUT2D eigenvalue weighted by Gasteiger charge is 2.37. The Labute approximate surface area is 194 Å². The number of hydrogen-bond donors (Lipinski definition) is 2. The van der Waals surface area contributed by atoms with E-state index in [0.717, 1.165) is 48.7 Å². The van der Waals surface area contributed by atoms with Crippen molar-refractivity contribution in [2.75, 3.05) is 42.5 Å². The molecule has 1 saturated heterocycles. The third kappa shape index (κ3) is 4.31. The van der Waals surface area contributed by atoms with Gasteiger partial charge in [0.1, 0.15) is 24.0 Å². The van der Waals surface area contributed by atoms with Crippen LogP contribution in [0, 0.1) is 35.5 Å². The lowest BCUT2D eigenvalue weighted by molar-refractivity contribution is 0.271. The van der Waals surface area contributed by atoms with Crippen LogP contribution in [-0.2, 0) is 6.54 Å². The predicted octanol–water partition coefficient (Wildman–Crippen LogP) is 2.21. The van der Waals surface area contributed by atoms with Gasteiger partial charge in [-0.2, -0.15) is 15.6 Å². The zero-order chi connectivity index (χ0) is 23.4. The SMILES string of the molecule is CNCc1nc(N2CCCC2)c(C#N)c(C)c1NN(C)C1C(C#N)C=NN1c1ccccn1. The summed E-state index contributed by atoms with van der Waals surface area (Å²) in [6.07, 6.45) is 5.13. The van der Waals surface area contributed by atoms with Crippen molar-refractivity contribution in [1.82, 2.24) is 20.3 Å². The number of hydrogen-bond acceptors (Lipinski definition) is 10. The summed E-state index contributed by atoms with van der Waals surface area (Å²) in [5, 5.41) is 30.9. The Morgan fingerprint density at radius 1 is 1.24 bits per heavy atom. The van der Waals surface area contributed by atoms with Crippen LogP contribution in [0.3, 0.4) is 0 Å². The molecule has 0 aliphatic carbocycles. The number of nitrogens with zero attached hydrogens (tertiary/aromatic N) is 8. The van der Waals surface area contributed by atoms with E-state index in [0.29, 0.717) is 17.9 Å². The van der Waals surface area contributed by atoms with Crippen LogP contribution < -0.4 is 20.7 Å². The average molecular weight is 445 g/mol. The van der Waals surface area contributed by atoms with Crippen LogP contribution in [0.2, 0.25) is 0 Å². The van der Waals surface area contributed by atoms with E-state index in [1.54, 1.807) is 17.4 Å². The van der Waals surface area contributed by atoms with Crippen molar-refractivity contribution < 1.29 is 0 Å². The second-order valence-corrected chi connectivity index (χ2v) is 8.18. The smallest absolute Gasteiger partial charge is 0.150 e. The molecule has 0 amide bonds. The van der Waals surface area contributed by atoms with Crippen LogP contribution in [0.25, 0.3) is 0 Å². The standard InChI is InChI=1S/C23H28N10/c1-16-18(13-25)22(32-10-6-7-11-32)29-19(15-26-2)21(16)30-31(3)23-17(12-24)14-28-33(23)20-8-4-5-9-27-20/h4-5,8-9,14,17,23,26,30H,6-7,10-11,15H2,1-3H3. The normalized spacial score (nSPS) is 19.7. The molecule has 2 unspecified atom stereocenters. The summed E-state index contributed by atoms with van der Waals surface area (Å²) in [7, 11) is 3.74. The van der Waals surface area contributed by atoms with Gasteiger partial charge in [0.15, 0.2) is 5.82 Å². The monoisotopic (exact) mass is 444 g/mol. The molecule has 2 aromatic rings. The van der Waals surface area contributed by atoms with Gasteiger partial charge in [-0.15, -0.1) is 0 Å². The van der Waals surface area contributed by atoms with Crippen LogP contribution in [0.4, 0.5) is 17.3 Å². The Kier molecular flexibility index (Phi) is 6.68. The maximum atomic E-state index is 9.97. The summed E-state index contributed by atoms with van der Waals surface area (Å²) in [4.78, 5) is 11.5. The van der Waals surface area contributed by atoms with Gasteiger partial charge < -0.3 is 15.6 Å². The second-order valence-electron chi connectivity index (χ2n) is 8.18. The number of hydrazone groups is 1. The average Bonchev–Trinajstić information content (AvgIpc) is 3.52. The first-order valence-electron chi connectivity index (χ1n) is 11.1. The molecule has 4 rings (SSSR count). The van der Waals surface area contributed by atoms with Gasteiger partial charge in [-0.05, 0) is 44.5 Å². The van der Waals surface area contributed by atoms with Gasteiger partial charge in [-0.25, -0.2) is 20.0 Å². The van der Waals surface area contributed by atoms with E-state index in [2.05, 4.69) is 37.9 Å². The molecular weight excluding hydrogens is 416 g/mol. The number of hydrazine groups is 1. The highest BCUT2D eigenvalue weighted by molar-refractivity contribution is 5.72. The van der Waals surface area contributed by atoms with Crippen molar-refractivity contribution in [1.29, 1.82) is 10.5 Å². The zero-order valence-electron chi connectivity index (χ0n) is 19.2. The van der Waals surface area contributed by atoms with E-state index in [1.165, 1.54) is 0 Å². The fraction of sp³-hybridized carbons (Fsp3) is 0.435. The summed E-state index contributed by atoms with van der Waals surface area (Å²) in [5.41, 5.74) is 6.42. The Balaban J connectivity index is 1.70. The molecule has 1 fully saturated rings. The van der Waals surface area contributed by atoms with Crippen molar-refractivity contribution in [2.45, 2.75) is 32.5 Å². The number of anilines is 3. The molecule has 0 spiro atoms. The molecule has 2 aliphatic rings. The Morgan fingerprint density at radius 3 is 2.67 bits per heavy atom. The number of pyridine rings is 2. The van der Waals surface area contributed by atoms with Gasteiger partial charge in [0, 0.05) is 39.1 Å². The topological polar surface area (TPSA) is 119 Å². The van der Waals surface area contributed by atoms with Gasteiger partial charge in [0.2, 0.25) is 0 Å². The molecule has 0 aromatic carbocycles. The summed E-state index contributed by atoms with van der Waals surface area (Å²) in [6, 6.07) is 10.3. The molecule has 0 saturated carbocycles. The third-order valence-electron chi connectivity index (χ3n) is 6.01. The van der Waals surface area contributed by atoms with E-state index >= 15 is 0 Å². The van der Waals surface area contributed by atoms with E-state index < -0.39 is 12.1 Å². The van der Waals surface area contributed by atoms with Crippen molar-refractivity contribution >= 4 is 23.5 Å². The largest absolute Gasteiger partial charge is 0.356 e. The highest BCUT2D eigenvalue weighted by atomic mass is 15.7. The fourth-order valence-electron chi connectivity index (χ4n) is 4.36. The number of nitriles is 2. The van der Waals surface area contributed by atoms with E-state index in [9.17, 15) is 10.5 Å².